The Hall–Kier alpha value is -1.53. The first kappa shape index (κ1) is 12.9. The molecular weight excluding hydrogens is 226 g/mol. The third kappa shape index (κ3) is 3.24. The van der Waals surface area contributed by atoms with Gasteiger partial charge in [0.05, 0.1) is 25.2 Å². The van der Waals surface area contributed by atoms with Crippen LogP contribution in [0.2, 0.25) is 0 Å². The molecule has 0 aromatic heterocycles. The zero-order chi connectivity index (χ0) is 12.8. The van der Waals surface area contributed by atoms with Crippen LogP contribution in [0.4, 0.5) is 0 Å². The molecule has 0 fully saturated rings. The van der Waals surface area contributed by atoms with Crippen molar-refractivity contribution in [3.63, 3.8) is 0 Å². The topological polar surface area (TPSA) is 53.2 Å². The molecule has 0 saturated carbocycles. The van der Waals surface area contributed by atoms with Gasteiger partial charge in [0.25, 0.3) is 0 Å². The van der Waals surface area contributed by atoms with E-state index in [2.05, 4.69) is 6.07 Å². The molecule has 1 N–H and O–H groups in total. The van der Waals surface area contributed by atoms with E-state index in [-0.39, 0.29) is 6.42 Å². The van der Waals surface area contributed by atoms with E-state index in [1.54, 1.807) is 0 Å². The third-order valence-electron chi connectivity index (χ3n) is 3.39. The highest BCUT2D eigenvalue weighted by Crippen LogP contribution is 2.29. The number of hydrogen-bond donors (Lipinski definition) is 1. The predicted octanol–water partition coefficient (Wildman–Crippen LogP) is 2.61. The van der Waals surface area contributed by atoms with Crippen molar-refractivity contribution in [1.29, 1.82) is 5.26 Å². The Morgan fingerprint density at radius 3 is 3.00 bits per heavy atom. The zero-order valence-corrected chi connectivity index (χ0v) is 10.6. The minimum Gasteiger partial charge on any atom is -0.493 e. The van der Waals surface area contributed by atoms with Crippen molar-refractivity contribution in [1.82, 2.24) is 0 Å². The molecule has 1 aliphatic rings. The van der Waals surface area contributed by atoms with Crippen LogP contribution in [0.25, 0.3) is 0 Å². The molecular formula is C15H19NO2. The van der Waals surface area contributed by atoms with Crippen LogP contribution in [0.15, 0.2) is 18.2 Å². The van der Waals surface area contributed by atoms with Gasteiger partial charge in [0, 0.05) is 6.42 Å². The van der Waals surface area contributed by atoms with Gasteiger partial charge in [-0.25, -0.2) is 0 Å². The number of fused-ring (bicyclic) bond motifs is 1. The molecule has 0 spiro atoms. The SMILES string of the molecule is N#CCC(O)CCOc1cccc2c1CCCC2. The van der Waals surface area contributed by atoms with E-state index in [1.165, 1.54) is 24.0 Å². The fourth-order valence-electron chi connectivity index (χ4n) is 2.39. The van der Waals surface area contributed by atoms with Crippen LogP contribution < -0.4 is 4.74 Å². The summed E-state index contributed by atoms with van der Waals surface area (Å²) in [6.45, 7) is 0.472. The van der Waals surface area contributed by atoms with Gasteiger partial charge >= 0.3 is 0 Å². The molecule has 1 aromatic rings. The Morgan fingerprint density at radius 2 is 2.17 bits per heavy atom. The molecule has 2 rings (SSSR count). The van der Waals surface area contributed by atoms with Crippen LogP contribution in [0.1, 0.15) is 36.8 Å². The molecule has 3 nitrogen and oxygen atoms in total. The maximum Gasteiger partial charge on any atom is 0.122 e. The summed E-state index contributed by atoms with van der Waals surface area (Å²) in [6.07, 6.45) is 4.83. The van der Waals surface area contributed by atoms with E-state index in [4.69, 9.17) is 10.00 Å². The standard InChI is InChI=1S/C15H19NO2/c16-10-8-13(17)9-11-18-15-7-3-5-12-4-1-2-6-14(12)15/h3,5,7,13,17H,1-2,4,6,8-9,11H2. The van der Waals surface area contributed by atoms with E-state index >= 15 is 0 Å². The van der Waals surface area contributed by atoms with E-state index in [1.807, 2.05) is 18.2 Å². The first-order valence-electron chi connectivity index (χ1n) is 6.60. The molecule has 0 aliphatic heterocycles. The lowest BCUT2D eigenvalue weighted by atomic mass is 9.91. The minimum absolute atomic E-state index is 0.177. The van der Waals surface area contributed by atoms with Gasteiger partial charge in [-0.1, -0.05) is 12.1 Å². The monoisotopic (exact) mass is 245 g/mol. The maximum atomic E-state index is 9.46. The second-order valence-electron chi connectivity index (χ2n) is 4.75. The largest absolute Gasteiger partial charge is 0.493 e. The van der Waals surface area contributed by atoms with Crippen molar-refractivity contribution in [3.05, 3.63) is 29.3 Å². The first-order valence-corrected chi connectivity index (χ1v) is 6.60. The zero-order valence-electron chi connectivity index (χ0n) is 10.6. The lowest BCUT2D eigenvalue weighted by molar-refractivity contribution is 0.143. The molecule has 96 valence electrons. The fraction of sp³-hybridized carbons (Fsp3) is 0.533. The maximum absolute atomic E-state index is 9.46. The summed E-state index contributed by atoms with van der Waals surface area (Å²) >= 11 is 0. The Balaban J connectivity index is 1.92. The number of rotatable bonds is 5. The number of aryl methyl sites for hydroxylation is 1. The molecule has 0 saturated heterocycles. The summed E-state index contributed by atoms with van der Waals surface area (Å²) < 4.78 is 5.75. The van der Waals surface area contributed by atoms with Crippen molar-refractivity contribution in [2.24, 2.45) is 0 Å². The second-order valence-corrected chi connectivity index (χ2v) is 4.75. The number of aliphatic hydroxyl groups is 1. The molecule has 1 aliphatic carbocycles. The predicted molar refractivity (Wildman–Crippen MR) is 69.4 cm³/mol. The highest BCUT2D eigenvalue weighted by Gasteiger charge is 2.13. The summed E-state index contributed by atoms with van der Waals surface area (Å²) in [5.74, 6) is 0.955. The molecule has 18 heavy (non-hydrogen) atoms. The number of ether oxygens (including phenoxy) is 1. The summed E-state index contributed by atoms with van der Waals surface area (Å²) in [5.41, 5.74) is 2.73. The molecule has 1 atom stereocenters. The van der Waals surface area contributed by atoms with Gasteiger partial charge in [-0.3, -0.25) is 0 Å². The van der Waals surface area contributed by atoms with Crippen LogP contribution in [-0.4, -0.2) is 17.8 Å². The van der Waals surface area contributed by atoms with Gasteiger partial charge in [0.2, 0.25) is 0 Å². The van der Waals surface area contributed by atoms with Gasteiger partial charge in [-0.15, -0.1) is 0 Å². The molecule has 0 radical (unpaired) electrons. The van der Waals surface area contributed by atoms with Crippen LogP contribution in [0.5, 0.6) is 5.75 Å². The van der Waals surface area contributed by atoms with Gasteiger partial charge in [-0.05, 0) is 42.9 Å². The minimum atomic E-state index is -0.575. The number of nitriles is 1. The summed E-state index contributed by atoms with van der Waals surface area (Å²) in [5, 5.41) is 17.9. The Morgan fingerprint density at radius 1 is 1.33 bits per heavy atom. The van der Waals surface area contributed by atoms with Gasteiger partial charge in [-0.2, -0.15) is 5.26 Å². The van der Waals surface area contributed by atoms with Gasteiger partial charge in [0.1, 0.15) is 5.75 Å². The summed E-state index contributed by atoms with van der Waals surface area (Å²) in [6, 6.07) is 8.17. The van der Waals surface area contributed by atoms with Crippen molar-refractivity contribution in [3.8, 4) is 11.8 Å². The van der Waals surface area contributed by atoms with Gasteiger partial charge in [0.15, 0.2) is 0 Å². The third-order valence-corrected chi connectivity index (χ3v) is 3.39. The average Bonchev–Trinajstić information content (AvgIpc) is 2.39. The van der Waals surface area contributed by atoms with E-state index < -0.39 is 6.10 Å². The first-order chi connectivity index (χ1) is 8.81. The highest BCUT2D eigenvalue weighted by molar-refractivity contribution is 5.41. The lowest BCUT2D eigenvalue weighted by Crippen LogP contribution is -2.12. The molecule has 1 unspecified atom stereocenters. The summed E-state index contributed by atoms with van der Waals surface area (Å²) in [7, 11) is 0. The van der Waals surface area contributed by atoms with Crippen LogP contribution in [0.3, 0.4) is 0 Å². The van der Waals surface area contributed by atoms with E-state index in [9.17, 15) is 5.11 Å². The van der Waals surface area contributed by atoms with Crippen LogP contribution in [-0.2, 0) is 12.8 Å². The molecule has 0 bridgehead atoms. The summed E-state index contributed by atoms with van der Waals surface area (Å²) in [4.78, 5) is 0. The van der Waals surface area contributed by atoms with Crippen molar-refractivity contribution < 1.29 is 9.84 Å². The second kappa shape index (κ2) is 6.42. The van der Waals surface area contributed by atoms with Crippen molar-refractivity contribution >= 4 is 0 Å². The Bertz CT molecular complexity index is 437. The van der Waals surface area contributed by atoms with Crippen LogP contribution >= 0.6 is 0 Å². The van der Waals surface area contributed by atoms with E-state index in [0.717, 1.165) is 18.6 Å². The molecule has 0 heterocycles. The average molecular weight is 245 g/mol. The smallest absolute Gasteiger partial charge is 0.122 e. The molecule has 0 amide bonds. The van der Waals surface area contributed by atoms with Crippen LogP contribution in [0, 0.1) is 11.3 Å². The van der Waals surface area contributed by atoms with Gasteiger partial charge < -0.3 is 9.84 Å². The molecule has 1 aromatic carbocycles. The number of nitrogens with zero attached hydrogens (tertiary/aromatic N) is 1. The van der Waals surface area contributed by atoms with Crippen molar-refractivity contribution in [2.45, 2.75) is 44.6 Å². The normalized spacial score (nSPS) is 15.6. The van der Waals surface area contributed by atoms with E-state index in [0.29, 0.717) is 13.0 Å². The lowest BCUT2D eigenvalue weighted by Gasteiger charge is -2.19. The molecule has 3 heteroatoms. The number of hydrogen-bond acceptors (Lipinski definition) is 3. The Labute approximate surface area is 108 Å². The number of aliphatic hydroxyl groups excluding tert-OH is 1. The Kier molecular flexibility index (Phi) is 4.60. The number of benzene rings is 1. The quantitative estimate of drug-likeness (QED) is 0.867. The fourth-order valence-corrected chi connectivity index (χ4v) is 2.39. The highest BCUT2D eigenvalue weighted by atomic mass is 16.5. The van der Waals surface area contributed by atoms with Crippen molar-refractivity contribution in [2.75, 3.05) is 6.61 Å².